The fourth-order valence-electron chi connectivity index (χ4n) is 1.72. The van der Waals surface area contributed by atoms with Crippen LogP contribution in [0.1, 0.15) is 36.5 Å². The summed E-state index contributed by atoms with van der Waals surface area (Å²) in [5.74, 6) is -0.173. The Morgan fingerprint density at radius 1 is 1.11 bits per heavy atom. The highest BCUT2D eigenvalue weighted by Crippen LogP contribution is 2.14. The molecule has 0 fully saturated rings. The molecule has 0 aliphatic carbocycles. The molecule has 19 heavy (non-hydrogen) atoms. The van der Waals surface area contributed by atoms with Crippen molar-refractivity contribution >= 4 is 17.4 Å². The SMILES string of the molecule is CCOC(=O)CCCC(=O)c1ccc(N(C)C)cc1. The van der Waals surface area contributed by atoms with Gasteiger partial charge in [0, 0.05) is 38.2 Å². The minimum Gasteiger partial charge on any atom is -0.466 e. The Hall–Kier alpha value is -1.84. The third-order valence-corrected chi connectivity index (χ3v) is 2.80. The van der Waals surface area contributed by atoms with Gasteiger partial charge in [0.05, 0.1) is 6.61 Å². The van der Waals surface area contributed by atoms with E-state index >= 15 is 0 Å². The summed E-state index contributed by atoms with van der Waals surface area (Å²) in [4.78, 5) is 25.0. The van der Waals surface area contributed by atoms with Crippen molar-refractivity contribution in [3.63, 3.8) is 0 Å². The van der Waals surface area contributed by atoms with Gasteiger partial charge in [0.2, 0.25) is 0 Å². The number of ketones is 1. The quantitative estimate of drug-likeness (QED) is 0.560. The van der Waals surface area contributed by atoms with E-state index in [1.54, 1.807) is 6.92 Å². The monoisotopic (exact) mass is 263 g/mol. The average Bonchev–Trinajstić information content (AvgIpc) is 2.39. The standard InChI is InChI=1S/C15H21NO3/c1-4-19-15(18)7-5-6-14(17)12-8-10-13(11-9-12)16(2)3/h8-11H,4-7H2,1-3H3. The first-order valence-electron chi connectivity index (χ1n) is 6.50. The summed E-state index contributed by atoms with van der Waals surface area (Å²) < 4.78 is 4.82. The number of Topliss-reactive ketones (excluding diaryl/α,β-unsaturated/α-hetero) is 1. The van der Waals surface area contributed by atoms with Crippen molar-refractivity contribution < 1.29 is 14.3 Å². The zero-order valence-corrected chi connectivity index (χ0v) is 11.8. The molecule has 0 spiro atoms. The number of carbonyl (C=O) groups excluding carboxylic acids is 2. The third kappa shape index (κ3) is 5.12. The number of rotatable bonds is 7. The van der Waals surface area contributed by atoms with E-state index in [4.69, 9.17) is 4.74 Å². The fraction of sp³-hybridized carbons (Fsp3) is 0.467. The first-order valence-corrected chi connectivity index (χ1v) is 6.50. The molecule has 0 aromatic heterocycles. The van der Waals surface area contributed by atoms with Crippen LogP contribution in [-0.2, 0) is 9.53 Å². The van der Waals surface area contributed by atoms with E-state index in [0.29, 0.717) is 31.4 Å². The van der Waals surface area contributed by atoms with Crippen LogP contribution < -0.4 is 4.90 Å². The number of esters is 1. The van der Waals surface area contributed by atoms with Crippen LogP contribution >= 0.6 is 0 Å². The fourth-order valence-corrected chi connectivity index (χ4v) is 1.72. The topological polar surface area (TPSA) is 46.6 Å². The summed E-state index contributed by atoms with van der Waals surface area (Å²) >= 11 is 0. The van der Waals surface area contributed by atoms with Crippen LogP contribution in [0.2, 0.25) is 0 Å². The van der Waals surface area contributed by atoms with Crippen molar-refractivity contribution in [1.82, 2.24) is 0 Å². The summed E-state index contributed by atoms with van der Waals surface area (Å²) in [6.45, 7) is 2.16. The number of benzene rings is 1. The second kappa shape index (κ2) is 7.56. The van der Waals surface area contributed by atoms with Gasteiger partial charge >= 0.3 is 5.97 Å². The number of anilines is 1. The second-order valence-corrected chi connectivity index (χ2v) is 4.52. The van der Waals surface area contributed by atoms with Crippen molar-refractivity contribution in [3.8, 4) is 0 Å². The van der Waals surface area contributed by atoms with Crippen molar-refractivity contribution in [3.05, 3.63) is 29.8 Å². The van der Waals surface area contributed by atoms with Gasteiger partial charge in [-0.2, -0.15) is 0 Å². The van der Waals surface area contributed by atoms with Gasteiger partial charge in [-0.3, -0.25) is 9.59 Å². The van der Waals surface area contributed by atoms with E-state index in [1.807, 2.05) is 43.3 Å². The van der Waals surface area contributed by atoms with Gasteiger partial charge in [-0.25, -0.2) is 0 Å². The summed E-state index contributed by atoms with van der Waals surface area (Å²) in [6.07, 6.45) is 1.21. The lowest BCUT2D eigenvalue weighted by atomic mass is 10.1. The predicted octanol–water partition coefficient (Wildman–Crippen LogP) is 2.67. The molecule has 0 bridgehead atoms. The Labute approximate surface area is 114 Å². The van der Waals surface area contributed by atoms with Gasteiger partial charge < -0.3 is 9.64 Å². The van der Waals surface area contributed by atoms with Crippen LogP contribution in [0, 0.1) is 0 Å². The minimum absolute atomic E-state index is 0.0644. The van der Waals surface area contributed by atoms with Crippen molar-refractivity contribution in [2.24, 2.45) is 0 Å². The average molecular weight is 263 g/mol. The third-order valence-electron chi connectivity index (χ3n) is 2.80. The second-order valence-electron chi connectivity index (χ2n) is 4.52. The Morgan fingerprint density at radius 2 is 1.74 bits per heavy atom. The van der Waals surface area contributed by atoms with Gasteiger partial charge in [-0.15, -0.1) is 0 Å². The van der Waals surface area contributed by atoms with Crippen molar-refractivity contribution in [2.75, 3.05) is 25.6 Å². The number of nitrogens with zero attached hydrogens (tertiary/aromatic N) is 1. The first kappa shape index (κ1) is 15.2. The smallest absolute Gasteiger partial charge is 0.305 e. The summed E-state index contributed by atoms with van der Waals surface area (Å²) in [5.41, 5.74) is 1.75. The molecule has 0 saturated carbocycles. The predicted molar refractivity (Wildman–Crippen MR) is 75.6 cm³/mol. The lowest BCUT2D eigenvalue weighted by Gasteiger charge is -2.12. The van der Waals surface area contributed by atoms with E-state index in [-0.39, 0.29) is 11.8 Å². The molecule has 0 radical (unpaired) electrons. The maximum Gasteiger partial charge on any atom is 0.305 e. The molecule has 0 atom stereocenters. The van der Waals surface area contributed by atoms with Crippen LogP contribution in [0.4, 0.5) is 5.69 Å². The largest absolute Gasteiger partial charge is 0.466 e. The zero-order valence-electron chi connectivity index (χ0n) is 11.8. The number of hydrogen-bond acceptors (Lipinski definition) is 4. The van der Waals surface area contributed by atoms with Crippen LogP contribution in [-0.4, -0.2) is 32.5 Å². The first-order chi connectivity index (χ1) is 9.04. The van der Waals surface area contributed by atoms with Crippen molar-refractivity contribution in [2.45, 2.75) is 26.2 Å². The van der Waals surface area contributed by atoms with Crippen molar-refractivity contribution in [1.29, 1.82) is 0 Å². The Bertz CT molecular complexity index is 424. The molecular formula is C15H21NO3. The molecule has 4 heteroatoms. The molecule has 0 N–H and O–H groups in total. The zero-order chi connectivity index (χ0) is 14.3. The summed E-state index contributed by atoms with van der Waals surface area (Å²) in [7, 11) is 3.91. The highest BCUT2D eigenvalue weighted by molar-refractivity contribution is 5.96. The van der Waals surface area contributed by atoms with Crippen LogP contribution in [0.15, 0.2) is 24.3 Å². The van der Waals surface area contributed by atoms with Gasteiger partial charge in [-0.05, 0) is 37.6 Å². The molecule has 0 saturated heterocycles. The van der Waals surface area contributed by atoms with Gasteiger partial charge in [0.15, 0.2) is 5.78 Å². The van der Waals surface area contributed by atoms with Gasteiger partial charge in [-0.1, -0.05) is 0 Å². The van der Waals surface area contributed by atoms with E-state index in [9.17, 15) is 9.59 Å². The molecule has 104 valence electrons. The van der Waals surface area contributed by atoms with Crippen LogP contribution in [0.5, 0.6) is 0 Å². The number of hydrogen-bond donors (Lipinski definition) is 0. The van der Waals surface area contributed by atoms with Gasteiger partial charge in [0.1, 0.15) is 0 Å². The maximum absolute atomic E-state index is 11.9. The summed E-state index contributed by atoms with van der Waals surface area (Å²) in [5, 5.41) is 0. The van der Waals surface area contributed by atoms with Gasteiger partial charge in [0.25, 0.3) is 0 Å². The molecule has 1 aromatic rings. The van der Waals surface area contributed by atoms with E-state index < -0.39 is 0 Å². The molecule has 0 amide bonds. The Morgan fingerprint density at radius 3 is 2.26 bits per heavy atom. The number of ether oxygens (including phenoxy) is 1. The van der Waals surface area contributed by atoms with E-state index in [0.717, 1.165) is 5.69 Å². The van der Waals surface area contributed by atoms with Crippen LogP contribution in [0.3, 0.4) is 0 Å². The Balaban J connectivity index is 2.43. The lowest BCUT2D eigenvalue weighted by Crippen LogP contribution is -2.09. The molecule has 1 rings (SSSR count). The summed E-state index contributed by atoms with van der Waals surface area (Å²) in [6, 6.07) is 7.47. The maximum atomic E-state index is 11.9. The normalized spacial score (nSPS) is 10.1. The highest BCUT2D eigenvalue weighted by atomic mass is 16.5. The molecule has 0 aliphatic heterocycles. The lowest BCUT2D eigenvalue weighted by molar-refractivity contribution is -0.143. The molecule has 0 heterocycles. The highest BCUT2D eigenvalue weighted by Gasteiger charge is 2.08. The minimum atomic E-state index is -0.238. The molecular weight excluding hydrogens is 242 g/mol. The molecule has 0 unspecified atom stereocenters. The van der Waals surface area contributed by atoms with Crippen LogP contribution in [0.25, 0.3) is 0 Å². The number of carbonyl (C=O) groups is 2. The van der Waals surface area contributed by atoms with E-state index in [2.05, 4.69) is 0 Å². The molecule has 4 nitrogen and oxygen atoms in total. The Kier molecular flexibility index (Phi) is 6.06. The molecule has 0 aliphatic rings. The van der Waals surface area contributed by atoms with E-state index in [1.165, 1.54) is 0 Å². The molecule has 1 aromatic carbocycles.